The Morgan fingerprint density at radius 1 is 1.24 bits per heavy atom. The molecule has 0 saturated heterocycles. The molecule has 3 rings (SSSR count). The van der Waals surface area contributed by atoms with Gasteiger partial charge in [-0.2, -0.15) is 0 Å². The van der Waals surface area contributed by atoms with Crippen molar-refractivity contribution < 1.29 is 9.18 Å². The summed E-state index contributed by atoms with van der Waals surface area (Å²) in [5.74, 6) is -0.194. The lowest BCUT2D eigenvalue weighted by molar-refractivity contribution is -0.113. The highest BCUT2D eigenvalue weighted by molar-refractivity contribution is 7.99. The van der Waals surface area contributed by atoms with Crippen molar-refractivity contribution in [3.8, 4) is 5.69 Å². The zero-order valence-corrected chi connectivity index (χ0v) is 14.6. The molecule has 25 heavy (non-hydrogen) atoms. The van der Waals surface area contributed by atoms with Crippen molar-refractivity contribution in [1.29, 1.82) is 0 Å². The molecule has 0 atom stereocenters. The second kappa shape index (κ2) is 7.98. The van der Waals surface area contributed by atoms with Gasteiger partial charge in [0, 0.05) is 18.1 Å². The fraction of sp³-hybridized carbons (Fsp3) is 0.158. The van der Waals surface area contributed by atoms with E-state index in [2.05, 4.69) is 17.2 Å². The van der Waals surface area contributed by atoms with Crippen LogP contribution in [0.1, 0.15) is 12.5 Å². The number of carbonyl (C=O) groups is 1. The summed E-state index contributed by atoms with van der Waals surface area (Å²) in [5.41, 5.74) is 2.68. The predicted octanol–water partition coefficient (Wildman–Crippen LogP) is 4.30. The van der Waals surface area contributed by atoms with Crippen LogP contribution >= 0.6 is 11.8 Å². The molecule has 0 spiro atoms. The monoisotopic (exact) mass is 355 g/mol. The second-order valence-corrected chi connectivity index (χ2v) is 6.39. The number of rotatable bonds is 6. The van der Waals surface area contributed by atoms with Crippen LogP contribution in [-0.2, 0) is 11.2 Å². The van der Waals surface area contributed by atoms with E-state index in [9.17, 15) is 9.18 Å². The van der Waals surface area contributed by atoms with E-state index in [1.807, 2.05) is 24.3 Å². The Hall–Kier alpha value is -2.60. The lowest BCUT2D eigenvalue weighted by Crippen LogP contribution is -2.14. The Morgan fingerprint density at radius 2 is 2.04 bits per heavy atom. The second-order valence-electron chi connectivity index (χ2n) is 5.45. The number of aryl methyl sites for hydroxylation is 1. The van der Waals surface area contributed by atoms with Crippen LogP contribution in [0.4, 0.5) is 10.1 Å². The minimum Gasteiger partial charge on any atom is -0.325 e. The van der Waals surface area contributed by atoms with Gasteiger partial charge < -0.3 is 5.32 Å². The molecule has 0 aliphatic rings. The third-order valence-electron chi connectivity index (χ3n) is 3.67. The maximum Gasteiger partial charge on any atom is 0.234 e. The molecule has 0 fully saturated rings. The highest BCUT2D eigenvalue weighted by Gasteiger charge is 2.10. The standard InChI is InChI=1S/C19H18FN3OS/c1-2-14-6-8-16(9-7-14)22-18(24)13-25-19-21-10-11-23(19)17-5-3-4-15(20)12-17/h3-12H,2,13H2,1H3,(H,22,24). The average molecular weight is 355 g/mol. The van der Waals surface area contributed by atoms with E-state index in [1.54, 1.807) is 29.1 Å². The topological polar surface area (TPSA) is 46.9 Å². The van der Waals surface area contributed by atoms with Gasteiger partial charge in [-0.3, -0.25) is 9.36 Å². The predicted molar refractivity (Wildman–Crippen MR) is 98.7 cm³/mol. The molecule has 1 heterocycles. The van der Waals surface area contributed by atoms with E-state index >= 15 is 0 Å². The number of nitrogens with zero attached hydrogens (tertiary/aromatic N) is 2. The van der Waals surface area contributed by atoms with Gasteiger partial charge in [0.2, 0.25) is 5.91 Å². The van der Waals surface area contributed by atoms with Gasteiger partial charge in [0.25, 0.3) is 0 Å². The summed E-state index contributed by atoms with van der Waals surface area (Å²) in [7, 11) is 0. The molecular formula is C19H18FN3OS. The number of imidazole rings is 1. The number of aromatic nitrogens is 2. The third kappa shape index (κ3) is 4.48. The van der Waals surface area contributed by atoms with Crippen LogP contribution < -0.4 is 5.32 Å². The molecule has 2 aromatic carbocycles. The minimum absolute atomic E-state index is 0.108. The van der Waals surface area contributed by atoms with Crippen molar-refractivity contribution in [2.75, 3.05) is 11.1 Å². The molecule has 128 valence electrons. The zero-order valence-electron chi connectivity index (χ0n) is 13.8. The number of hydrogen-bond acceptors (Lipinski definition) is 3. The van der Waals surface area contributed by atoms with E-state index in [0.29, 0.717) is 10.8 Å². The number of nitrogens with one attached hydrogen (secondary N) is 1. The molecule has 0 unspecified atom stereocenters. The van der Waals surface area contributed by atoms with Crippen LogP contribution in [0.3, 0.4) is 0 Å². The number of hydrogen-bond donors (Lipinski definition) is 1. The summed E-state index contributed by atoms with van der Waals surface area (Å²) in [6.07, 6.45) is 4.35. The lowest BCUT2D eigenvalue weighted by Gasteiger charge is -2.08. The smallest absolute Gasteiger partial charge is 0.234 e. The van der Waals surface area contributed by atoms with Crippen LogP contribution in [0.15, 0.2) is 66.1 Å². The van der Waals surface area contributed by atoms with E-state index in [0.717, 1.165) is 12.1 Å². The average Bonchev–Trinajstić information content (AvgIpc) is 3.09. The molecule has 4 nitrogen and oxygen atoms in total. The molecule has 1 amide bonds. The van der Waals surface area contributed by atoms with E-state index in [1.165, 1.54) is 29.5 Å². The van der Waals surface area contributed by atoms with Gasteiger partial charge in [-0.05, 0) is 42.3 Å². The number of thioether (sulfide) groups is 1. The first kappa shape index (κ1) is 17.2. The number of carbonyl (C=O) groups excluding carboxylic acids is 1. The van der Waals surface area contributed by atoms with E-state index in [-0.39, 0.29) is 17.5 Å². The van der Waals surface area contributed by atoms with Crippen LogP contribution in [0.2, 0.25) is 0 Å². The molecule has 3 aromatic rings. The fourth-order valence-electron chi connectivity index (χ4n) is 2.37. The van der Waals surface area contributed by atoms with Crippen molar-refractivity contribution >= 4 is 23.4 Å². The van der Waals surface area contributed by atoms with Gasteiger partial charge in [-0.15, -0.1) is 0 Å². The molecule has 6 heteroatoms. The maximum absolute atomic E-state index is 13.4. The normalized spacial score (nSPS) is 10.6. The van der Waals surface area contributed by atoms with Crippen LogP contribution in [0.25, 0.3) is 5.69 Å². The van der Waals surface area contributed by atoms with Crippen molar-refractivity contribution in [3.05, 3.63) is 72.3 Å². The Kier molecular flexibility index (Phi) is 5.50. The number of anilines is 1. The molecule has 0 radical (unpaired) electrons. The fourth-order valence-corrected chi connectivity index (χ4v) is 3.14. The Morgan fingerprint density at radius 3 is 2.76 bits per heavy atom. The highest BCUT2D eigenvalue weighted by atomic mass is 32.2. The van der Waals surface area contributed by atoms with Crippen molar-refractivity contribution in [1.82, 2.24) is 9.55 Å². The van der Waals surface area contributed by atoms with Crippen molar-refractivity contribution in [3.63, 3.8) is 0 Å². The molecule has 1 N–H and O–H groups in total. The molecular weight excluding hydrogens is 337 g/mol. The summed E-state index contributed by atoms with van der Waals surface area (Å²) < 4.78 is 15.2. The third-order valence-corrected chi connectivity index (χ3v) is 4.64. The van der Waals surface area contributed by atoms with Gasteiger partial charge in [-0.25, -0.2) is 9.37 Å². The summed E-state index contributed by atoms with van der Waals surface area (Å²) in [5, 5.41) is 3.51. The Labute approximate surface area is 150 Å². The van der Waals surface area contributed by atoms with Gasteiger partial charge in [0.15, 0.2) is 5.16 Å². The summed E-state index contributed by atoms with van der Waals surface area (Å²) in [6.45, 7) is 2.09. The van der Waals surface area contributed by atoms with Crippen molar-refractivity contribution in [2.45, 2.75) is 18.5 Å². The van der Waals surface area contributed by atoms with Gasteiger partial charge in [0.1, 0.15) is 5.82 Å². The Balaban J connectivity index is 1.62. The van der Waals surface area contributed by atoms with E-state index < -0.39 is 0 Å². The van der Waals surface area contributed by atoms with Crippen LogP contribution in [0.5, 0.6) is 0 Å². The van der Waals surface area contributed by atoms with Crippen LogP contribution in [0, 0.1) is 5.82 Å². The number of amides is 1. The first-order valence-corrected chi connectivity index (χ1v) is 8.95. The largest absolute Gasteiger partial charge is 0.325 e. The molecule has 0 bridgehead atoms. The lowest BCUT2D eigenvalue weighted by atomic mass is 10.1. The zero-order chi connectivity index (χ0) is 17.6. The maximum atomic E-state index is 13.4. The SMILES string of the molecule is CCc1ccc(NC(=O)CSc2nccn2-c2cccc(F)c2)cc1. The number of halogens is 1. The summed E-state index contributed by atoms with van der Waals surface area (Å²) >= 11 is 1.31. The Bertz CT molecular complexity index is 861. The van der Waals surface area contributed by atoms with Crippen molar-refractivity contribution in [2.24, 2.45) is 0 Å². The molecule has 0 aliphatic heterocycles. The quantitative estimate of drug-likeness (QED) is 0.671. The first-order chi connectivity index (χ1) is 12.2. The highest BCUT2D eigenvalue weighted by Crippen LogP contribution is 2.21. The van der Waals surface area contributed by atoms with Gasteiger partial charge in [-0.1, -0.05) is 36.9 Å². The van der Waals surface area contributed by atoms with Gasteiger partial charge >= 0.3 is 0 Å². The minimum atomic E-state index is -0.310. The molecule has 0 saturated carbocycles. The molecule has 1 aromatic heterocycles. The van der Waals surface area contributed by atoms with E-state index in [4.69, 9.17) is 0 Å². The summed E-state index contributed by atoms with van der Waals surface area (Å²) in [4.78, 5) is 16.4. The van der Waals surface area contributed by atoms with Gasteiger partial charge in [0.05, 0.1) is 11.4 Å². The first-order valence-electron chi connectivity index (χ1n) is 7.96. The van der Waals surface area contributed by atoms with Crippen LogP contribution in [-0.4, -0.2) is 21.2 Å². The number of benzene rings is 2. The summed E-state index contributed by atoms with van der Waals surface area (Å²) in [6, 6.07) is 14.1. The molecule has 0 aliphatic carbocycles.